The highest BCUT2D eigenvalue weighted by Crippen LogP contribution is 2.38. The molecule has 0 fully saturated rings. The third-order valence-electron chi connectivity index (χ3n) is 7.13. The standard InChI is InChI=1S/C26H54O4/c1-11-21(6)28-18-16-24(12-2)26(13-3,14-4)30-22(7)19-25(9,10)23(8)29-17-15-20(5)27/h20-24,27H,11-19H2,1-10H3. The van der Waals surface area contributed by atoms with Crippen molar-refractivity contribution in [3.63, 3.8) is 0 Å². The summed E-state index contributed by atoms with van der Waals surface area (Å²) >= 11 is 0. The van der Waals surface area contributed by atoms with E-state index < -0.39 is 0 Å². The van der Waals surface area contributed by atoms with E-state index in [9.17, 15) is 5.11 Å². The largest absolute Gasteiger partial charge is 0.393 e. The first-order chi connectivity index (χ1) is 14.0. The predicted molar refractivity (Wildman–Crippen MR) is 128 cm³/mol. The van der Waals surface area contributed by atoms with Crippen LogP contribution in [0.2, 0.25) is 0 Å². The van der Waals surface area contributed by atoms with Gasteiger partial charge in [-0.3, -0.25) is 0 Å². The molecule has 30 heavy (non-hydrogen) atoms. The van der Waals surface area contributed by atoms with E-state index in [4.69, 9.17) is 14.2 Å². The lowest BCUT2D eigenvalue weighted by atomic mass is 9.78. The van der Waals surface area contributed by atoms with Crippen molar-refractivity contribution < 1.29 is 19.3 Å². The smallest absolute Gasteiger partial charge is 0.0709 e. The normalized spacial score (nSPS) is 18.1. The van der Waals surface area contributed by atoms with E-state index in [0.717, 1.165) is 45.1 Å². The third-order valence-corrected chi connectivity index (χ3v) is 7.13. The summed E-state index contributed by atoms with van der Waals surface area (Å²) in [6, 6.07) is 0. The molecule has 182 valence electrons. The molecule has 0 rings (SSSR count). The Kier molecular flexibility index (Phi) is 14.7. The molecule has 0 heterocycles. The molecule has 0 radical (unpaired) electrons. The van der Waals surface area contributed by atoms with Gasteiger partial charge in [0.25, 0.3) is 0 Å². The molecule has 0 saturated carbocycles. The number of hydrogen-bond acceptors (Lipinski definition) is 4. The lowest BCUT2D eigenvalue weighted by Crippen LogP contribution is -2.44. The van der Waals surface area contributed by atoms with Gasteiger partial charge in [-0.15, -0.1) is 0 Å². The van der Waals surface area contributed by atoms with Gasteiger partial charge < -0.3 is 19.3 Å². The van der Waals surface area contributed by atoms with Crippen LogP contribution >= 0.6 is 0 Å². The van der Waals surface area contributed by atoms with Gasteiger partial charge in [0.1, 0.15) is 0 Å². The highest BCUT2D eigenvalue weighted by molar-refractivity contribution is 4.88. The average Bonchev–Trinajstić information content (AvgIpc) is 2.68. The highest BCUT2D eigenvalue weighted by Gasteiger charge is 2.38. The molecule has 0 spiro atoms. The van der Waals surface area contributed by atoms with Crippen molar-refractivity contribution in [1.29, 1.82) is 0 Å². The summed E-state index contributed by atoms with van der Waals surface area (Å²) in [5.41, 5.74) is -0.0911. The summed E-state index contributed by atoms with van der Waals surface area (Å²) in [4.78, 5) is 0. The minimum absolute atomic E-state index is 0.00666. The van der Waals surface area contributed by atoms with Crippen molar-refractivity contribution in [2.24, 2.45) is 11.3 Å². The molecule has 5 unspecified atom stereocenters. The van der Waals surface area contributed by atoms with Crippen LogP contribution in [0.4, 0.5) is 0 Å². The van der Waals surface area contributed by atoms with Crippen molar-refractivity contribution in [3.05, 3.63) is 0 Å². The summed E-state index contributed by atoms with van der Waals surface area (Å²) < 4.78 is 18.9. The second kappa shape index (κ2) is 14.8. The molecule has 0 aromatic rings. The van der Waals surface area contributed by atoms with E-state index in [1.807, 2.05) is 6.92 Å². The van der Waals surface area contributed by atoms with Crippen LogP contribution in [0.15, 0.2) is 0 Å². The van der Waals surface area contributed by atoms with Gasteiger partial charge in [0.2, 0.25) is 0 Å². The number of hydrogen-bond donors (Lipinski definition) is 1. The molecular weight excluding hydrogens is 376 g/mol. The molecule has 0 aromatic carbocycles. The zero-order chi connectivity index (χ0) is 23.4. The topological polar surface area (TPSA) is 47.9 Å². The van der Waals surface area contributed by atoms with E-state index in [1.165, 1.54) is 0 Å². The summed E-state index contributed by atoms with van der Waals surface area (Å²) in [6.07, 6.45) is 7.19. The van der Waals surface area contributed by atoms with E-state index >= 15 is 0 Å². The molecule has 0 saturated heterocycles. The van der Waals surface area contributed by atoms with Gasteiger partial charge in [-0.05, 0) is 77.6 Å². The maximum Gasteiger partial charge on any atom is 0.0709 e. The Morgan fingerprint density at radius 1 is 0.767 bits per heavy atom. The van der Waals surface area contributed by atoms with Crippen LogP contribution in [0.3, 0.4) is 0 Å². The Balaban J connectivity index is 4.98. The van der Waals surface area contributed by atoms with Crippen LogP contribution < -0.4 is 0 Å². The van der Waals surface area contributed by atoms with Gasteiger partial charge in [0.15, 0.2) is 0 Å². The van der Waals surface area contributed by atoms with E-state index in [1.54, 1.807) is 0 Å². The van der Waals surface area contributed by atoms with Crippen LogP contribution in [0.1, 0.15) is 114 Å². The Hall–Kier alpha value is -0.160. The van der Waals surface area contributed by atoms with Crippen molar-refractivity contribution in [2.75, 3.05) is 13.2 Å². The molecule has 0 aromatic heterocycles. The number of ether oxygens (including phenoxy) is 3. The minimum atomic E-state index is -0.312. The Morgan fingerprint density at radius 2 is 1.33 bits per heavy atom. The number of rotatable bonds is 18. The third kappa shape index (κ3) is 10.4. The van der Waals surface area contributed by atoms with Crippen LogP contribution in [-0.4, -0.2) is 48.3 Å². The fourth-order valence-corrected chi connectivity index (χ4v) is 4.45. The highest BCUT2D eigenvalue weighted by atomic mass is 16.5. The van der Waals surface area contributed by atoms with Crippen LogP contribution in [0, 0.1) is 11.3 Å². The molecule has 4 nitrogen and oxygen atoms in total. The predicted octanol–water partition coefficient (Wildman–Crippen LogP) is 6.77. The van der Waals surface area contributed by atoms with Gasteiger partial charge in [0.05, 0.1) is 30.0 Å². The minimum Gasteiger partial charge on any atom is -0.393 e. The van der Waals surface area contributed by atoms with Crippen LogP contribution in [0.5, 0.6) is 0 Å². The lowest BCUT2D eigenvalue weighted by Gasteiger charge is -2.43. The van der Waals surface area contributed by atoms with E-state index in [0.29, 0.717) is 25.0 Å². The van der Waals surface area contributed by atoms with Gasteiger partial charge >= 0.3 is 0 Å². The van der Waals surface area contributed by atoms with Gasteiger partial charge in [-0.25, -0.2) is 0 Å². The van der Waals surface area contributed by atoms with Crippen molar-refractivity contribution >= 4 is 0 Å². The van der Waals surface area contributed by atoms with Crippen LogP contribution in [-0.2, 0) is 14.2 Å². The molecule has 5 atom stereocenters. The summed E-state index contributed by atoms with van der Waals surface area (Å²) in [7, 11) is 0. The zero-order valence-electron chi connectivity index (χ0n) is 21.9. The van der Waals surface area contributed by atoms with Gasteiger partial charge in [-0.2, -0.15) is 0 Å². The van der Waals surface area contributed by atoms with Crippen molar-refractivity contribution in [1.82, 2.24) is 0 Å². The molecule has 0 aliphatic heterocycles. The maximum absolute atomic E-state index is 9.47. The number of aliphatic hydroxyl groups excluding tert-OH is 1. The average molecular weight is 431 g/mol. The molecular formula is C26H54O4. The molecule has 0 bridgehead atoms. The Bertz CT molecular complexity index is 417. The second-order valence-electron chi connectivity index (χ2n) is 10.0. The fraction of sp³-hybridized carbons (Fsp3) is 1.00. The first-order valence-corrected chi connectivity index (χ1v) is 12.6. The Labute approximate surface area is 188 Å². The fourth-order valence-electron chi connectivity index (χ4n) is 4.45. The van der Waals surface area contributed by atoms with Crippen molar-refractivity contribution in [3.8, 4) is 0 Å². The summed E-state index contributed by atoms with van der Waals surface area (Å²) in [5, 5.41) is 9.47. The van der Waals surface area contributed by atoms with E-state index in [2.05, 4.69) is 62.3 Å². The Morgan fingerprint density at radius 3 is 1.80 bits per heavy atom. The van der Waals surface area contributed by atoms with Crippen LogP contribution in [0.25, 0.3) is 0 Å². The first-order valence-electron chi connectivity index (χ1n) is 12.6. The first kappa shape index (κ1) is 29.8. The zero-order valence-corrected chi connectivity index (χ0v) is 21.9. The van der Waals surface area contributed by atoms with E-state index in [-0.39, 0.29) is 29.3 Å². The molecule has 1 N–H and O–H groups in total. The summed E-state index contributed by atoms with van der Waals surface area (Å²) in [6.45, 7) is 23.2. The van der Waals surface area contributed by atoms with Gasteiger partial charge in [0, 0.05) is 13.2 Å². The molecule has 0 amide bonds. The molecule has 4 heteroatoms. The van der Waals surface area contributed by atoms with Crippen molar-refractivity contribution in [2.45, 2.75) is 144 Å². The molecule has 0 aliphatic carbocycles. The summed E-state index contributed by atoms with van der Waals surface area (Å²) in [5.74, 6) is 0.502. The monoisotopic (exact) mass is 430 g/mol. The maximum atomic E-state index is 9.47. The SMILES string of the molecule is CCC(C)OCCC(CC)C(CC)(CC)OC(C)CC(C)(C)C(C)OCCC(C)O. The van der Waals surface area contributed by atoms with Gasteiger partial charge in [-0.1, -0.05) is 48.0 Å². The number of aliphatic hydroxyl groups is 1. The lowest BCUT2D eigenvalue weighted by molar-refractivity contribution is -0.150. The quantitative estimate of drug-likeness (QED) is 0.260. The second-order valence-corrected chi connectivity index (χ2v) is 10.0. The molecule has 0 aliphatic rings.